The van der Waals surface area contributed by atoms with E-state index < -0.39 is 29.9 Å². The van der Waals surface area contributed by atoms with E-state index >= 15 is 0 Å². The quantitative estimate of drug-likeness (QED) is 0.662. The molecule has 2 rings (SSSR count). The summed E-state index contributed by atoms with van der Waals surface area (Å²) in [5.74, 6) is -1.10. The predicted octanol–water partition coefficient (Wildman–Crippen LogP) is 0.777. The molecule has 1 aromatic rings. The molecule has 8 heteroatoms. The van der Waals surface area contributed by atoms with Crippen LogP contribution in [-0.4, -0.2) is 43.6 Å². The molecule has 1 aliphatic rings. The molecule has 0 spiro atoms. The van der Waals surface area contributed by atoms with E-state index in [0.29, 0.717) is 11.3 Å². The third-order valence-electron chi connectivity index (χ3n) is 4.11. The minimum Gasteiger partial charge on any atom is -0.497 e. The number of carbonyl (C=O) groups excluding carboxylic acids is 3. The monoisotopic (exact) mass is 359 g/mol. The van der Waals surface area contributed by atoms with Gasteiger partial charge in [-0.2, -0.15) is 5.26 Å². The van der Waals surface area contributed by atoms with Crippen LogP contribution in [0.15, 0.2) is 24.3 Å². The van der Waals surface area contributed by atoms with Crippen LogP contribution in [0.3, 0.4) is 0 Å². The molecule has 0 aromatic heterocycles. The lowest BCUT2D eigenvalue weighted by Gasteiger charge is -2.22. The zero-order chi connectivity index (χ0) is 19.2. The molecule has 1 aromatic carbocycles. The molecular formula is C18H21N3O5. The molecule has 0 bridgehead atoms. The van der Waals surface area contributed by atoms with E-state index in [1.165, 1.54) is 13.2 Å². The van der Waals surface area contributed by atoms with E-state index in [1.807, 2.05) is 0 Å². The Bertz CT molecular complexity index is 739. The number of nitrogens with one attached hydrogen (secondary N) is 2. The maximum Gasteiger partial charge on any atom is 0.325 e. The van der Waals surface area contributed by atoms with Gasteiger partial charge in [0.05, 0.1) is 13.2 Å². The Labute approximate surface area is 151 Å². The van der Waals surface area contributed by atoms with Crippen LogP contribution in [0.1, 0.15) is 30.1 Å². The summed E-state index contributed by atoms with van der Waals surface area (Å²) in [6.45, 7) is 0.776. The van der Waals surface area contributed by atoms with E-state index in [4.69, 9.17) is 9.47 Å². The van der Waals surface area contributed by atoms with Gasteiger partial charge in [0.15, 0.2) is 6.61 Å². The Kier molecular flexibility index (Phi) is 6.17. The van der Waals surface area contributed by atoms with E-state index in [0.717, 1.165) is 12.8 Å². The van der Waals surface area contributed by atoms with Gasteiger partial charge >= 0.3 is 5.97 Å². The highest BCUT2D eigenvalue weighted by Crippen LogP contribution is 2.39. The van der Waals surface area contributed by atoms with E-state index in [9.17, 15) is 19.6 Å². The zero-order valence-corrected chi connectivity index (χ0v) is 14.7. The Morgan fingerprint density at radius 3 is 2.69 bits per heavy atom. The second-order valence-corrected chi connectivity index (χ2v) is 6.21. The van der Waals surface area contributed by atoms with Crippen LogP contribution in [0.2, 0.25) is 0 Å². The Balaban J connectivity index is 1.74. The van der Waals surface area contributed by atoms with Crippen molar-refractivity contribution in [2.24, 2.45) is 5.92 Å². The molecule has 1 saturated carbocycles. The van der Waals surface area contributed by atoms with Gasteiger partial charge in [0.1, 0.15) is 17.8 Å². The number of benzene rings is 1. The lowest BCUT2D eigenvalue weighted by Crippen LogP contribution is -2.48. The van der Waals surface area contributed by atoms with Crippen molar-refractivity contribution < 1.29 is 23.9 Å². The molecule has 2 N–H and O–H groups in total. The normalized spacial score (nSPS) is 15.1. The molecule has 0 saturated heterocycles. The summed E-state index contributed by atoms with van der Waals surface area (Å²) in [4.78, 5) is 35.5. The van der Waals surface area contributed by atoms with Crippen LogP contribution in [0.25, 0.3) is 0 Å². The van der Waals surface area contributed by atoms with E-state index in [2.05, 4.69) is 16.7 Å². The predicted molar refractivity (Wildman–Crippen MR) is 91.2 cm³/mol. The van der Waals surface area contributed by atoms with Crippen molar-refractivity contribution in [2.75, 3.05) is 20.3 Å². The van der Waals surface area contributed by atoms with Crippen molar-refractivity contribution >= 4 is 17.8 Å². The highest BCUT2D eigenvalue weighted by molar-refractivity contribution is 5.96. The van der Waals surface area contributed by atoms with Gasteiger partial charge in [-0.05, 0) is 43.9 Å². The van der Waals surface area contributed by atoms with Crippen LogP contribution < -0.4 is 15.4 Å². The molecule has 0 unspecified atom stereocenters. The first-order chi connectivity index (χ1) is 12.4. The molecule has 1 aliphatic carbocycles. The molecule has 2 amide bonds. The highest BCUT2D eigenvalue weighted by atomic mass is 16.5. The second-order valence-electron chi connectivity index (χ2n) is 6.21. The first-order valence-corrected chi connectivity index (χ1v) is 8.18. The SMILES string of the molecule is COc1cccc(C(=O)NCC(=O)OCC(=O)N[C@](C)(C#N)C2CC2)c1. The van der Waals surface area contributed by atoms with Crippen molar-refractivity contribution in [1.82, 2.24) is 10.6 Å². The molecule has 0 aliphatic heterocycles. The summed E-state index contributed by atoms with van der Waals surface area (Å²) < 4.78 is 9.85. The topological polar surface area (TPSA) is 118 Å². The van der Waals surface area contributed by atoms with Crippen molar-refractivity contribution in [3.63, 3.8) is 0 Å². The minimum absolute atomic E-state index is 0.134. The lowest BCUT2D eigenvalue weighted by molar-refractivity contribution is -0.147. The molecule has 26 heavy (non-hydrogen) atoms. The van der Waals surface area contributed by atoms with Gasteiger partial charge in [-0.15, -0.1) is 0 Å². The number of amides is 2. The number of ether oxygens (including phenoxy) is 2. The number of carbonyl (C=O) groups is 3. The molecule has 1 fully saturated rings. The summed E-state index contributed by atoms with van der Waals surface area (Å²) in [5, 5.41) is 14.2. The largest absolute Gasteiger partial charge is 0.497 e. The first-order valence-electron chi connectivity index (χ1n) is 8.18. The zero-order valence-electron chi connectivity index (χ0n) is 14.7. The molecule has 0 radical (unpaired) electrons. The van der Waals surface area contributed by atoms with Crippen LogP contribution in [0.4, 0.5) is 0 Å². The van der Waals surface area contributed by atoms with Crippen molar-refractivity contribution in [2.45, 2.75) is 25.3 Å². The molecular weight excluding hydrogens is 338 g/mol. The van der Waals surface area contributed by atoms with Gasteiger partial charge in [0.2, 0.25) is 0 Å². The Morgan fingerprint density at radius 1 is 1.35 bits per heavy atom. The summed E-state index contributed by atoms with van der Waals surface area (Å²) in [6, 6.07) is 8.55. The van der Waals surface area contributed by atoms with Crippen LogP contribution in [-0.2, 0) is 14.3 Å². The smallest absolute Gasteiger partial charge is 0.325 e. The fourth-order valence-corrected chi connectivity index (χ4v) is 2.42. The third-order valence-corrected chi connectivity index (χ3v) is 4.11. The van der Waals surface area contributed by atoms with Crippen molar-refractivity contribution in [3.05, 3.63) is 29.8 Å². The van der Waals surface area contributed by atoms with Gasteiger partial charge in [-0.25, -0.2) is 0 Å². The number of hydrogen-bond donors (Lipinski definition) is 2. The molecule has 138 valence electrons. The van der Waals surface area contributed by atoms with Crippen LogP contribution >= 0.6 is 0 Å². The maximum atomic E-state index is 12.0. The summed E-state index contributed by atoms with van der Waals surface area (Å²) in [7, 11) is 1.49. The van der Waals surface area contributed by atoms with Gasteiger partial charge < -0.3 is 20.1 Å². The standard InChI is InChI=1S/C18H21N3O5/c1-18(11-19,13-6-7-13)21-15(22)10-26-16(23)9-20-17(24)12-4-3-5-14(8-12)25-2/h3-5,8,13H,6-7,9-10H2,1-2H3,(H,20,24)(H,21,22)/t18-/m1/s1. The van der Waals surface area contributed by atoms with Gasteiger partial charge in [0, 0.05) is 5.56 Å². The van der Waals surface area contributed by atoms with Crippen LogP contribution in [0.5, 0.6) is 5.75 Å². The minimum atomic E-state index is -0.940. The molecule has 8 nitrogen and oxygen atoms in total. The average Bonchev–Trinajstić information content (AvgIpc) is 3.50. The summed E-state index contributed by atoms with van der Waals surface area (Å²) in [5.41, 5.74) is -0.603. The average molecular weight is 359 g/mol. The maximum absolute atomic E-state index is 12.0. The fraction of sp³-hybridized carbons (Fsp3) is 0.444. The Hall–Kier alpha value is -3.08. The molecule has 0 heterocycles. The van der Waals surface area contributed by atoms with E-state index in [1.54, 1.807) is 25.1 Å². The first kappa shape index (κ1) is 19.2. The Morgan fingerprint density at radius 2 is 2.08 bits per heavy atom. The second kappa shape index (κ2) is 8.34. The fourth-order valence-electron chi connectivity index (χ4n) is 2.42. The van der Waals surface area contributed by atoms with Crippen LogP contribution in [0, 0.1) is 17.2 Å². The highest BCUT2D eigenvalue weighted by Gasteiger charge is 2.43. The summed E-state index contributed by atoms with van der Waals surface area (Å²) >= 11 is 0. The number of hydrogen-bond acceptors (Lipinski definition) is 6. The number of rotatable bonds is 8. The number of nitrogens with zero attached hydrogens (tertiary/aromatic N) is 1. The number of nitriles is 1. The molecule has 1 atom stereocenters. The number of methoxy groups -OCH3 is 1. The van der Waals surface area contributed by atoms with Crippen molar-refractivity contribution in [1.29, 1.82) is 5.26 Å². The van der Waals surface area contributed by atoms with E-state index in [-0.39, 0.29) is 12.5 Å². The number of esters is 1. The summed E-state index contributed by atoms with van der Waals surface area (Å²) in [6.07, 6.45) is 1.78. The lowest BCUT2D eigenvalue weighted by atomic mass is 9.98. The van der Waals surface area contributed by atoms with Crippen molar-refractivity contribution in [3.8, 4) is 11.8 Å². The van der Waals surface area contributed by atoms with Gasteiger partial charge in [0.25, 0.3) is 11.8 Å². The van der Waals surface area contributed by atoms with Gasteiger partial charge in [-0.3, -0.25) is 14.4 Å². The van der Waals surface area contributed by atoms with Gasteiger partial charge in [-0.1, -0.05) is 6.07 Å². The third kappa shape index (κ3) is 5.21.